The Bertz CT molecular complexity index is 455. The van der Waals surface area contributed by atoms with Gasteiger partial charge in [-0.25, -0.2) is 0 Å². The van der Waals surface area contributed by atoms with E-state index in [-0.39, 0.29) is 6.42 Å². The molecule has 5 heteroatoms. The molecule has 0 spiro atoms. The maximum atomic E-state index is 11.0. The second kappa shape index (κ2) is 5.48. The van der Waals surface area contributed by atoms with E-state index in [1.54, 1.807) is 12.1 Å². The number of carboxylic acids is 1. The van der Waals surface area contributed by atoms with Gasteiger partial charge in [0.25, 0.3) is 0 Å². The van der Waals surface area contributed by atoms with Crippen molar-refractivity contribution in [1.29, 1.82) is 0 Å². The van der Waals surface area contributed by atoms with Gasteiger partial charge in [-0.1, -0.05) is 25.4 Å². The van der Waals surface area contributed by atoms with Crippen molar-refractivity contribution in [3.8, 4) is 11.5 Å². The number of benzene rings is 1. The summed E-state index contributed by atoms with van der Waals surface area (Å²) in [5, 5.41) is 9.43. The Balaban J connectivity index is 3.44. The van der Waals surface area contributed by atoms with Crippen molar-refractivity contribution < 1.29 is 19.4 Å². The van der Waals surface area contributed by atoms with E-state index < -0.39 is 11.4 Å². The molecule has 1 aromatic rings. The van der Waals surface area contributed by atoms with Gasteiger partial charge in [-0.15, -0.1) is 0 Å². The highest BCUT2D eigenvalue weighted by Gasteiger charge is 2.32. The summed E-state index contributed by atoms with van der Waals surface area (Å²) in [4.78, 5) is 11.0. The van der Waals surface area contributed by atoms with E-state index in [1.165, 1.54) is 14.2 Å². The van der Waals surface area contributed by atoms with Gasteiger partial charge in [0.2, 0.25) is 0 Å². The van der Waals surface area contributed by atoms with Crippen LogP contribution in [-0.4, -0.2) is 25.3 Å². The second-order valence-corrected chi connectivity index (χ2v) is 5.02. The van der Waals surface area contributed by atoms with Crippen LogP contribution in [-0.2, 0) is 10.2 Å². The summed E-state index contributed by atoms with van der Waals surface area (Å²) in [6.07, 6.45) is -0.0416. The summed E-state index contributed by atoms with van der Waals surface area (Å²) in [5.74, 6) is 0.147. The maximum Gasteiger partial charge on any atom is 0.304 e. The van der Waals surface area contributed by atoms with E-state index in [0.29, 0.717) is 22.1 Å². The molecule has 0 aliphatic rings. The van der Waals surface area contributed by atoms with E-state index in [9.17, 15) is 4.79 Å². The average molecular weight is 273 g/mol. The summed E-state index contributed by atoms with van der Waals surface area (Å²) < 4.78 is 10.6. The van der Waals surface area contributed by atoms with E-state index in [0.717, 1.165) is 0 Å². The third-order valence-electron chi connectivity index (χ3n) is 2.77. The third-order valence-corrected chi connectivity index (χ3v) is 3.06. The van der Waals surface area contributed by atoms with E-state index in [2.05, 4.69) is 0 Å². The van der Waals surface area contributed by atoms with Gasteiger partial charge in [0.1, 0.15) is 11.5 Å². The van der Waals surface area contributed by atoms with Crippen LogP contribution >= 0.6 is 11.6 Å². The topological polar surface area (TPSA) is 55.8 Å². The maximum absolute atomic E-state index is 11.0. The lowest BCUT2D eigenvalue weighted by Gasteiger charge is -2.27. The molecule has 1 rings (SSSR count). The number of carbonyl (C=O) groups is 1. The number of aliphatic carboxylic acids is 1. The fourth-order valence-corrected chi connectivity index (χ4v) is 2.25. The lowest BCUT2D eigenvalue weighted by atomic mass is 9.80. The molecule has 0 fully saturated rings. The second-order valence-electron chi connectivity index (χ2n) is 4.61. The standard InChI is InChI=1S/C13H17ClO4/c1-13(2,7-10(15)16)11-9(17-3)6-5-8(14)12(11)18-4/h5-6H,7H2,1-4H3,(H,15,16). The van der Waals surface area contributed by atoms with Crippen molar-refractivity contribution in [2.45, 2.75) is 25.7 Å². The zero-order valence-corrected chi connectivity index (χ0v) is 11.7. The summed E-state index contributed by atoms with van der Waals surface area (Å²) in [6.45, 7) is 3.63. The van der Waals surface area contributed by atoms with Crippen LogP contribution in [0.5, 0.6) is 11.5 Å². The van der Waals surface area contributed by atoms with Crippen molar-refractivity contribution >= 4 is 17.6 Å². The minimum Gasteiger partial charge on any atom is -0.496 e. The number of carboxylic acid groups (broad SMARTS) is 1. The molecule has 0 unspecified atom stereocenters. The SMILES string of the molecule is COc1ccc(Cl)c(OC)c1C(C)(C)CC(=O)O. The summed E-state index contributed by atoms with van der Waals surface area (Å²) in [7, 11) is 3.03. The smallest absolute Gasteiger partial charge is 0.304 e. The first kappa shape index (κ1) is 14.6. The Morgan fingerprint density at radius 2 is 1.94 bits per heavy atom. The molecule has 0 radical (unpaired) electrons. The molecule has 0 atom stereocenters. The molecule has 1 N–H and O–H groups in total. The van der Waals surface area contributed by atoms with Crippen LogP contribution in [0.25, 0.3) is 0 Å². The minimum absolute atomic E-state index is 0.0416. The molecule has 1 aromatic carbocycles. The van der Waals surface area contributed by atoms with Gasteiger partial charge in [0, 0.05) is 11.0 Å². The van der Waals surface area contributed by atoms with Gasteiger partial charge < -0.3 is 14.6 Å². The molecule has 18 heavy (non-hydrogen) atoms. The van der Waals surface area contributed by atoms with E-state index >= 15 is 0 Å². The lowest BCUT2D eigenvalue weighted by Crippen LogP contribution is -2.23. The highest BCUT2D eigenvalue weighted by molar-refractivity contribution is 6.32. The number of hydrogen-bond donors (Lipinski definition) is 1. The van der Waals surface area contributed by atoms with Crippen LogP contribution in [0.2, 0.25) is 5.02 Å². The molecular weight excluding hydrogens is 256 g/mol. The van der Waals surface area contributed by atoms with Gasteiger partial charge in [-0.05, 0) is 12.1 Å². The Hall–Kier alpha value is -1.42. The number of rotatable bonds is 5. The normalized spacial score (nSPS) is 11.2. The minimum atomic E-state index is -0.885. The molecule has 4 nitrogen and oxygen atoms in total. The fourth-order valence-electron chi connectivity index (χ4n) is 2.02. The first-order valence-electron chi connectivity index (χ1n) is 5.46. The number of methoxy groups -OCH3 is 2. The highest BCUT2D eigenvalue weighted by Crippen LogP contribution is 2.44. The summed E-state index contributed by atoms with van der Waals surface area (Å²) in [5.41, 5.74) is 0.0235. The zero-order valence-electron chi connectivity index (χ0n) is 10.9. The van der Waals surface area contributed by atoms with Gasteiger partial charge in [-0.2, -0.15) is 0 Å². The monoisotopic (exact) mass is 272 g/mol. The van der Waals surface area contributed by atoms with Gasteiger partial charge >= 0.3 is 5.97 Å². The predicted molar refractivity (Wildman–Crippen MR) is 69.8 cm³/mol. The Morgan fingerprint density at radius 3 is 2.39 bits per heavy atom. The van der Waals surface area contributed by atoms with Gasteiger partial charge in [-0.3, -0.25) is 4.79 Å². The van der Waals surface area contributed by atoms with Crippen molar-refractivity contribution in [1.82, 2.24) is 0 Å². The quantitative estimate of drug-likeness (QED) is 0.895. The van der Waals surface area contributed by atoms with E-state index in [1.807, 2.05) is 13.8 Å². The first-order chi connectivity index (χ1) is 8.33. The Kier molecular flexibility index (Phi) is 4.46. The van der Waals surface area contributed by atoms with Crippen LogP contribution in [0.4, 0.5) is 0 Å². The van der Waals surface area contributed by atoms with Crippen LogP contribution in [0.15, 0.2) is 12.1 Å². The number of halogens is 1. The molecule has 0 amide bonds. The van der Waals surface area contributed by atoms with Crippen LogP contribution in [0, 0.1) is 0 Å². The van der Waals surface area contributed by atoms with Crippen LogP contribution in [0.3, 0.4) is 0 Å². The summed E-state index contributed by atoms with van der Waals surface area (Å²) >= 11 is 6.07. The number of ether oxygens (including phenoxy) is 2. The number of hydrogen-bond acceptors (Lipinski definition) is 3. The molecule has 0 aliphatic carbocycles. The van der Waals surface area contributed by atoms with E-state index in [4.69, 9.17) is 26.2 Å². The summed E-state index contributed by atoms with van der Waals surface area (Å²) in [6, 6.07) is 3.38. The van der Waals surface area contributed by atoms with Crippen molar-refractivity contribution in [2.24, 2.45) is 0 Å². The van der Waals surface area contributed by atoms with Crippen molar-refractivity contribution in [3.63, 3.8) is 0 Å². The Labute approximate surface area is 111 Å². The average Bonchev–Trinajstić information content (AvgIpc) is 2.26. The molecule has 0 aliphatic heterocycles. The first-order valence-corrected chi connectivity index (χ1v) is 5.84. The molecule has 0 bridgehead atoms. The highest BCUT2D eigenvalue weighted by atomic mass is 35.5. The molecular formula is C13H17ClO4. The molecule has 100 valence electrons. The van der Waals surface area contributed by atoms with Gasteiger partial charge in [0.05, 0.1) is 25.7 Å². The largest absolute Gasteiger partial charge is 0.496 e. The van der Waals surface area contributed by atoms with Crippen LogP contribution < -0.4 is 9.47 Å². The molecule has 0 aromatic heterocycles. The Morgan fingerprint density at radius 1 is 1.33 bits per heavy atom. The third kappa shape index (κ3) is 2.88. The zero-order chi connectivity index (χ0) is 13.9. The van der Waals surface area contributed by atoms with Gasteiger partial charge in [0.15, 0.2) is 0 Å². The predicted octanol–water partition coefficient (Wildman–Crippen LogP) is 3.11. The van der Waals surface area contributed by atoms with Crippen LogP contribution in [0.1, 0.15) is 25.8 Å². The van der Waals surface area contributed by atoms with Crippen molar-refractivity contribution in [2.75, 3.05) is 14.2 Å². The van der Waals surface area contributed by atoms with Crippen molar-refractivity contribution in [3.05, 3.63) is 22.7 Å². The molecule has 0 saturated heterocycles. The fraction of sp³-hybridized carbons (Fsp3) is 0.462. The molecule has 0 heterocycles. The lowest BCUT2D eigenvalue weighted by molar-refractivity contribution is -0.138. The molecule has 0 saturated carbocycles.